The Morgan fingerprint density at radius 1 is 1.04 bits per heavy atom. The maximum absolute atomic E-state index is 13.0. The lowest BCUT2D eigenvalue weighted by atomic mass is 10.1. The first-order chi connectivity index (χ1) is 12.4. The van der Waals surface area contributed by atoms with Crippen molar-refractivity contribution in [1.29, 1.82) is 0 Å². The largest absolute Gasteiger partial charge is 0.495 e. The summed E-state index contributed by atoms with van der Waals surface area (Å²) in [6, 6.07) is 7.92. The second-order valence-corrected chi connectivity index (χ2v) is 5.56. The molecule has 2 aromatic heterocycles. The molecule has 0 spiro atoms. The summed E-state index contributed by atoms with van der Waals surface area (Å²) in [5.74, 6) is 0.779. The molecular formula is C17H12ClF3N4O. The molecule has 9 heteroatoms. The Morgan fingerprint density at radius 3 is 2.42 bits per heavy atom. The molecule has 0 atom stereocenters. The first kappa shape index (κ1) is 17.9. The van der Waals surface area contributed by atoms with E-state index in [1.165, 1.54) is 19.2 Å². The molecule has 0 aliphatic rings. The molecule has 0 amide bonds. The van der Waals surface area contributed by atoms with E-state index in [4.69, 9.17) is 16.3 Å². The highest BCUT2D eigenvalue weighted by Crippen LogP contribution is 2.36. The van der Waals surface area contributed by atoms with Crippen molar-refractivity contribution in [2.45, 2.75) is 6.18 Å². The molecule has 3 rings (SSSR count). The number of hydrogen-bond acceptors (Lipinski definition) is 5. The van der Waals surface area contributed by atoms with Gasteiger partial charge >= 0.3 is 6.18 Å². The van der Waals surface area contributed by atoms with Crippen molar-refractivity contribution in [1.82, 2.24) is 15.0 Å². The SMILES string of the molecule is COc1ccc(C(F)(F)F)cc1Nc1cc(Cl)nc(-c2ccncc2)n1. The van der Waals surface area contributed by atoms with E-state index in [1.54, 1.807) is 24.5 Å². The average Bonchev–Trinajstić information content (AvgIpc) is 2.61. The van der Waals surface area contributed by atoms with Crippen molar-refractivity contribution in [3.05, 3.63) is 59.5 Å². The number of methoxy groups -OCH3 is 1. The fourth-order valence-corrected chi connectivity index (χ4v) is 2.42. The molecule has 26 heavy (non-hydrogen) atoms. The van der Waals surface area contributed by atoms with Crippen LogP contribution in [0.1, 0.15) is 5.56 Å². The summed E-state index contributed by atoms with van der Waals surface area (Å²) in [7, 11) is 1.36. The Hall–Kier alpha value is -2.87. The molecule has 0 radical (unpaired) electrons. The smallest absolute Gasteiger partial charge is 0.416 e. The van der Waals surface area contributed by atoms with Crippen LogP contribution >= 0.6 is 11.6 Å². The average molecular weight is 381 g/mol. The van der Waals surface area contributed by atoms with Gasteiger partial charge in [-0.3, -0.25) is 4.98 Å². The third kappa shape index (κ3) is 4.02. The molecular weight excluding hydrogens is 369 g/mol. The number of nitrogens with zero attached hydrogens (tertiary/aromatic N) is 3. The zero-order valence-corrected chi connectivity index (χ0v) is 14.1. The lowest BCUT2D eigenvalue weighted by molar-refractivity contribution is -0.137. The molecule has 2 heterocycles. The standard InChI is InChI=1S/C17H12ClF3N4O/c1-26-13-3-2-11(17(19,20)21)8-12(13)23-15-9-14(18)24-16(25-15)10-4-6-22-7-5-10/h2-9H,1H3,(H,23,24,25). The molecule has 0 bridgehead atoms. The quantitative estimate of drug-likeness (QED) is 0.648. The van der Waals surface area contributed by atoms with E-state index in [9.17, 15) is 13.2 Å². The topological polar surface area (TPSA) is 59.9 Å². The van der Waals surface area contributed by atoms with Gasteiger partial charge in [0.05, 0.1) is 18.4 Å². The summed E-state index contributed by atoms with van der Waals surface area (Å²) in [6.45, 7) is 0. The monoisotopic (exact) mass is 380 g/mol. The highest BCUT2D eigenvalue weighted by atomic mass is 35.5. The number of benzene rings is 1. The summed E-state index contributed by atoms with van der Waals surface area (Å²) in [4.78, 5) is 12.3. The Kier molecular flexibility index (Phi) is 4.94. The predicted octanol–water partition coefficient (Wildman–Crippen LogP) is 4.96. The molecule has 0 saturated carbocycles. The van der Waals surface area contributed by atoms with E-state index in [2.05, 4.69) is 20.3 Å². The zero-order valence-electron chi connectivity index (χ0n) is 13.4. The first-order valence-corrected chi connectivity index (χ1v) is 7.72. The normalized spacial score (nSPS) is 11.3. The van der Waals surface area contributed by atoms with Gasteiger partial charge in [0.1, 0.15) is 16.7 Å². The maximum Gasteiger partial charge on any atom is 0.416 e. The Balaban J connectivity index is 2.00. The van der Waals surface area contributed by atoms with Crippen molar-refractivity contribution >= 4 is 23.1 Å². The summed E-state index contributed by atoms with van der Waals surface area (Å²) in [6.07, 6.45) is -1.33. The number of anilines is 2. The minimum Gasteiger partial charge on any atom is -0.495 e. The van der Waals surface area contributed by atoms with E-state index in [1.807, 2.05) is 0 Å². The van der Waals surface area contributed by atoms with Gasteiger partial charge in [0.2, 0.25) is 0 Å². The lowest BCUT2D eigenvalue weighted by Crippen LogP contribution is -2.06. The number of hydrogen-bond donors (Lipinski definition) is 1. The number of rotatable bonds is 4. The fourth-order valence-electron chi connectivity index (χ4n) is 2.23. The van der Waals surface area contributed by atoms with Crippen LogP contribution in [0.15, 0.2) is 48.8 Å². The second kappa shape index (κ2) is 7.17. The van der Waals surface area contributed by atoms with Crippen LogP contribution in [0.5, 0.6) is 5.75 Å². The number of alkyl halides is 3. The van der Waals surface area contributed by atoms with Gasteiger partial charge in [-0.15, -0.1) is 0 Å². The summed E-state index contributed by atoms with van der Waals surface area (Å²) in [5, 5.41) is 2.95. The third-order valence-electron chi connectivity index (χ3n) is 3.42. The van der Waals surface area contributed by atoms with Gasteiger partial charge in [0.15, 0.2) is 5.82 Å². The van der Waals surface area contributed by atoms with Gasteiger partial charge in [0, 0.05) is 24.0 Å². The number of pyridine rings is 1. The van der Waals surface area contributed by atoms with Crippen molar-refractivity contribution < 1.29 is 17.9 Å². The molecule has 1 N–H and O–H groups in total. The van der Waals surface area contributed by atoms with E-state index >= 15 is 0 Å². The van der Waals surface area contributed by atoms with Gasteiger partial charge < -0.3 is 10.1 Å². The minimum absolute atomic E-state index is 0.109. The van der Waals surface area contributed by atoms with Crippen LogP contribution in [0.3, 0.4) is 0 Å². The van der Waals surface area contributed by atoms with Crippen LogP contribution in [0.25, 0.3) is 11.4 Å². The number of nitrogens with one attached hydrogen (secondary N) is 1. The molecule has 0 fully saturated rings. The second-order valence-electron chi connectivity index (χ2n) is 5.17. The van der Waals surface area contributed by atoms with Gasteiger partial charge in [-0.2, -0.15) is 13.2 Å². The van der Waals surface area contributed by atoms with Gasteiger partial charge in [-0.1, -0.05) is 11.6 Å². The number of ether oxygens (including phenoxy) is 1. The predicted molar refractivity (Wildman–Crippen MR) is 91.6 cm³/mol. The number of aromatic nitrogens is 3. The van der Waals surface area contributed by atoms with Crippen LogP contribution in [0, 0.1) is 0 Å². The highest BCUT2D eigenvalue weighted by Gasteiger charge is 2.31. The Labute approximate surface area is 151 Å². The summed E-state index contributed by atoms with van der Waals surface area (Å²) in [5.41, 5.74) is -0.0327. The molecule has 0 aliphatic carbocycles. The minimum atomic E-state index is -4.48. The third-order valence-corrected chi connectivity index (χ3v) is 3.62. The van der Waals surface area contributed by atoms with E-state index in [-0.39, 0.29) is 22.4 Å². The van der Waals surface area contributed by atoms with Crippen LogP contribution < -0.4 is 10.1 Å². The number of halogens is 4. The molecule has 134 valence electrons. The molecule has 0 unspecified atom stereocenters. The summed E-state index contributed by atoms with van der Waals surface area (Å²) >= 11 is 6.03. The molecule has 3 aromatic rings. The van der Waals surface area contributed by atoms with Crippen molar-refractivity contribution in [3.8, 4) is 17.1 Å². The zero-order chi connectivity index (χ0) is 18.7. The van der Waals surface area contributed by atoms with E-state index in [0.717, 1.165) is 12.1 Å². The lowest BCUT2D eigenvalue weighted by Gasteiger charge is -2.14. The Morgan fingerprint density at radius 2 is 1.77 bits per heavy atom. The first-order valence-electron chi connectivity index (χ1n) is 7.34. The van der Waals surface area contributed by atoms with Crippen molar-refractivity contribution in [2.75, 3.05) is 12.4 Å². The molecule has 0 aliphatic heterocycles. The van der Waals surface area contributed by atoms with Gasteiger partial charge in [0.25, 0.3) is 0 Å². The highest BCUT2D eigenvalue weighted by molar-refractivity contribution is 6.29. The van der Waals surface area contributed by atoms with Crippen LogP contribution in [0.2, 0.25) is 5.15 Å². The van der Waals surface area contributed by atoms with Crippen LogP contribution in [-0.4, -0.2) is 22.1 Å². The van der Waals surface area contributed by atoms with Crippen LogP contribution in [-0.2, 0) is 6.18 Å². The van der Waals surface area contributed by atoms with Gasteiger partial charge in [-0.25, -0.2) is 9.97 Å². The van der Waals surface area contributed by atoms with Gasteiger partial charge in [-0.05, 0) is 30.3 Å². The van der Waals surface area contributed by atoms with Crippen LogP contribution in [0.4, 0.5) is 24.7 Å². The fraction of sp³-hybridized carbons (Fsp3) is 0.118. The van der Waals surface area contributed by atoms with E-state index in [0.29, 0.717) is 11.4 Å². The van der Waals surface area contributed by atoms with Crippen molar-refractivity contribution in [2.24, 2.45) is 0 Å². The molecule has 5 nitrogen and oxygen atoms in total. The maximum atomic E-state index is 13.0. The van der Waals surface area contributed by atoms with Crippen molar-refractivity contribution in [3.63, 3.8) is 0 Å². The molecule has 0 saturated heterocycles. The molecule has 1 aromatic carbocycles. The van der Waals surface area contributed by atoms with E-state index < -0.39 is 11.7 Å². The summed E-state index contributed by atoms with van der Waals surface area (Å²) < 4.78 is 44.0. The Bertz CT molecular complexity index is 920.